The third-order valence-electron chi connectivity index (χ3n) is 4.40. The zero-order valence-electron chi connectivity index (χ0n) is 14.6. The summed E-state index contributed by atoms with van der Waals surface area (Å²) < 4.78 is 49.4. The second-order valence-corrected chi connectivity index (χ2v) is 5.93. The lowest BCUT2D eigenvalue weighted by Gasteiger charge is -2.19. The number of hydrogen-bond acceptors (Lipinski definition) is 3. The van der Waals surface area contributed by atoms with Gasteiger partial charge >= 0.3 is 6.18 Å². The van der Waals surface area contributed by atoms with Gasteiger partial charge in [0.15, 0.2) is 0 Å². The molecule has 0 aliphatic rings. The first-order valence-corrected chi connectivity index (χ1v) is 8.01. The molecule has 6 heteroatoms. The Labute approximate surface area is 149 Å². The van der Waals surface area contributed by atoms with Crippen LogP contribution in [-0.2, 0) is 12.6 Å². The van der Waals surface area contributed by atoms with Crippen molar-refractivity contribution in [2.24, 2.45) is 0 Å². The first-order chi connectivity index (χ1) is 12.4. The van der Waals surface area contributed by atoms with E-state index < -0.39 is 11.7 Å². The maximum atomic E-state index is 12.7. The van der Waals surface area contributed by atoms with Crippen LogP contribution in [0.4, 0.5) is 13.2 Å². The molecule has 1 aromatic heterocycles. The van der Waals surface area contributed by atoms with Gasteiger partial charge in [-0.15, -0.1) is 0 Å². The molecular formula is C20H18F3NO2. The molecule has 0 spiro atoms. The van der Waals surface area contributed by atoms with E-state index in [1.807, 2.05) is 31.2 Å². The van der Waals surface area contributed by atoms with Crippen LogP contribution in [0.5, 0.6) is 11.5 Å². The molecule has 0 saturated carbocycles. The number of nitrogens with zero attached hydrogens (tertiary/aromatic N) is 1. The number of benzene rings is 2. The Balaban J connectivity index is 2.11. The highest BCUT2D eigenvalue weighted by atomic mass is 19.4. The van der Waals surface area contributed by atoms with E-state index in [2.05, 4.69) is 4.98 Å². The van der Waals surface area contributed by atoms with Gasteiger partial charge in [-0.1, -0.05) is 24.3 Å². The Bertz CT molecular complexity index is 934. The van der Waals surface area contributed by atoms with Gasteiger partial charge in [-0.2, -0.15) is 13.2 Å². The van der Waals surface area contributed by atoms with Crippen LogP contribution in [0.1, 0.15) is 22.4 Å². The summed E-state index contributed by atoms with van der Waals surface area (Å²) in [6, 6.07) is 10.1. The smallest absolute Gasteiger partial charge is 0.417 e. The third-order valence-corrected chi connectivity index (χ3v) is 4.40. The van der Waals surface area contributed by atoms with Crippen LogP contribution < -0.4 is 9.47 Å². The Hall–Kier alpha value is -2.76. The lowest BCUT2D eigenvalue weighted by molar-refractivity contribution is -0.137. The molecule has 26 heavy (non-hydrogen) atoms. The van der Waals surface area contributed by atoms with Gasteiger partial charge in [0.2, 0.25) is 0 Å². The van der Waals surface area contributed by atoms with Crippen molar-refractivity contribution in [2.45, 2.75) is 19.5 Å². The minimum atomic E-state index is -4.40. The maximum absolute atomic E-state index is 12.7. The predicted molar refractivity (Wildman–Crippen MR) is 93.8 cm³/mol. The molecular weight excluding hydrogens is 343 g/mol. The summed E-state index contributed by atoms with van der Waals surface area (Å²) in [5.74, 6) is 1.41. The SMILES string of the molecule is COc1c(C)c(Cc2ccc(C(F)(F)F)cn2)c(OC)c2ccccc12. The van der Waals surface area contributed by atoms with Gasteiger partial charge in [-0.25, -0.2) is 0 Å². The van der Waals surface area contributed by atoms with E-state index in [4.69, 9.17) is 9.47 Å². The number of aromatic nitrogens is 1. The molecule has 0 amide bonds. The molecule has 0 atom stereocenters. The summed E-state index contributed by atoms with van der Waals surface area (Å²) in [5, 5.41) is 1.81. The molecule has 0 aliphatic carbocycles. The van der Waals surface area contributed by atoms with Crippen molar-refractivity contribution in [3.05, 3.63) is 65.0 Å². The molecule has 3 rings (SSSR count). The number of methoxy groups -OCH3 is 2. The van der Waals surface area contributed by atoms with E-state index in [0.29, 0.717) is 17.9 Å². The van der Waals surface area contributed by atoms with Crippen molar-refractivity contribution in [3.63, 3.8) is 0 Å². The second-order valence-electron chi connectivity index (χ2n) is 5.93. The monoisotopic (exact) mass is 361 g/mol. The molecule has 0 aliphatic heterocycles. The van der Waals surface area contributed by atoms with E-state index in [0.717, 1.165) is 39.9 Å². The van der Waals surface area contributed by atoms with Gasteiger partial charge in [-0.05, 0) is 24.6 Å². The average molecular weight is 361 g/mol. The molecule has 3 nitrogen and oxygen atoms in total. The van der Waals surface area contributed by atoms with Crippen LogP contribution in [-0.4, -0.2) is 19.2 Å². The Morgan fingerprint density at radius 2 is 1.54 bits per heavy atom. The van der Waals surface area contributed by atoms with Crippen LogP contribution in [0.2, 0.25) is 0 Å². The summed E-state index contributed by atoms with van der Waals surface area (Å²) in [5.41, 5.74) is 1.48. The predicted octanol–water partition coefficient (Wildman–Crippen LogP) is 5.17. The zero-order chi connectivity index (χ0) is 18.9. The Morgan fingerprint density at radius 3 is 2.04 bits per heavy atom. The molecule has 0 fully saturated rings. The number of alkyl halides is 3. The van der Waals surface area contributed by atoms with E-state index in [1.165, 1.54) is 6.07 Å². The standard InChI is InChI=1S/C20H18F3NO2/c1-12-17(10-14-9-8-13(11-24-14)20(21,22)23)19(26-3)16-7-5-4-6-15(16)18(12)25-2/h4-9,11H,10H2,1-3H3. The number of fused-ring (bicyclic) bond motifs is 1. The van der Waals surface area contributed by atoms with Gasteiger partial charge < -0.3 is 9.47 Å². The zero-order valence-corrected chi connectivity index (χ0v) is 14.6. The molecule has 136 valence electrons. The van der Waals surface area contributed by atoms with E-state index in [9.17, 15) is 13.2 Å². The number of ether oxygens (including phenoxy) is 2. The van der Waals surface area contributed by atoms with Gasteiger partial charge in [0.1, 0.15) is 11.5 Å². The minimum Gasteiger partial charge on any atom is -0.496 e. The van der Waals surface area contributed by atoms with Crippen LogP contribution in [0.25, 0.3) is 10.8 Å². The van der Waals surface area contributed by atoms with Gasteiger partial charge in [0.05, 0.1) is 19.8 Å². The minimum absolute atomic E-state index is 0.342. The van der Waals surface area contributed by atoms with Crippen LogP contribution >= 0.6 is 0 Å². The Morgan fingerprint density at radius 1 is 0.923 bits per heavy atom. The van der Waals surface area contributed by atoms with Gasteiger partial charge in [0.25, 0.3) is 0 Å². The highest BCUT2D eigenvalue weighted by Crippen LogP contribution is 2.41. The fourth-order valence-electron chi connectivity index (χ4n) is 3.14. The molecule has 0 unspecified atom stereocenters. The number of hydrogen-bond donors (Lipinski definition) is 0. The van der Waals surface area contributed by atoms with Crippen molar-refractivity contribution in [2.75, 3.05) is 14.2 Å². The molecule has 0 saturated heterocycles. The fourth-order valence-corrected chi connectivity index (χ4v) is 3.14. The number of pyridine rings is 1. The van der Waals surface area contributed by atoms with E-state index in [-0.39, 0.29) is 0 Å². The van der Waals surface area contributed by atoms with Gasteiger partial charge in [0, 0.05) is 34.6 Å². The number of halogens is 3. The molecule has 2 aromatic carbocycles. The van der Waals surface area contributed by atoms with Crippen molar-refractivity contribution >= 4 is 10.8 Å². The van der Waals surface area contributed by atoms with Crippen LogP contribution in [0.3, 0.4) is 0 Å². The van der Waals surface area contributed by atoms with E-state index >= 15 is 0 Å². The maximum Gasteiger partial charge on any atom is 0.417 e. The molecule has 0 bridgehead atoms. The molecule has 0 radical (unpaired) electrons. The van der Waals surface area contributed by atoms with Gasteiger partial charge in [-0.3, -0.25) is 4.98 Å². The Kier molecular flexibility index (Phi) is 4.76. The third kappa shape index (κ3) is 3.19. The lowest BCUT2D eigenvalue weighted by atomic mass is 9.95. The average Bonchev–Trinajstić information content (AvgIpc) is 2.62. The normalized spacial score (nSPS) is 11.6. The summed E-state index contributed by atoms with van der Waals surface area (Å²) in [7, 11) is 3.18. The first-order valence-electron chi connectivity index (χ1n) is 8.01. The largest absolute Gasteiger partial charge is 0.496 e. The van der Waals surface area contributed by atoms with Crippen molar-refractivity contribution in [1.82, 2.24) is 4.98 Å². The summed E-state index contributed by atoms with van der Waals surface area (Å²) in [6.07, 6.45) is -3.20. The lowest BCUT2D eigenvalue weighted by Crippen LogP contribution is -2.07. The number of rotatable bonds is 4. The highest BCUT2D eigenvalue weighted by molar-refractivity contribution is 5.96. The molecule has 1 heterocycles. The molecule has 3 aromatic rings. The van der Waals surface area contributed by atoms with E-state index in [1.54, 1.807) is 14.2 Å². The van der Waals surface area contributed by atoms with Crippen LogP contribution in [0, 0.1) is 6.92 Å². The highest BCUT2D eigenvalue weighted by Gasteiger charge is 2.30. The van der Waals surface area contributed by atoms with Crippen molar-refractivity contribution < 1.29 is 22.6 Å². The molecule has 0 N–H and O–H groups in total. The topological polar surface area (TPSA) is 31.4 Å². The van der Waals surface area contributed by atoms with Crippen molar-refractivity contribution in [3.8, 4) is 11.5 Å². The quantitative estimate of drug-likeness (QED) is 0.642. The summed E-state index contributed by atoms with van der Waals surface area (Å²) >= 11 is 0. The van der Waals surface area contributed by atoms with Crippen LogP contribution in [0.15, 0.2) is 42.6 Å². The van der Waals surface area contributed by atoms with Crippen molar-refractivity contribution in [1.29, 1.82) is 0 Å². The first kappa shape index (κ1) is 18.0. The summed E-state index contributed by atoms with van der Waals surface area (Å²) in [6.45, 7) is 1.91. The second kappa shape index (κ2) is 6.86. The fraction of sp³-hybridized carbons (Fsp3) is 0.250. The summed E-state index contributed by atoms with van der Waals surface area (Å²) in [4.78, 5) is 3.98.